The van der Waals surface area contributed by atoms with E-state index < -0.39 is 29.6 Å². The Balaban J connectivity index is 2.19. The van der Waals surface area contributed by atoms with Crippen LogP contribution in [0.5, 0.6) is 11.5 Å². The van der Waals surface area contributed by atoms with Crippen LogP contribution in [0.3, 0.4) is 0 Å². The van der Waals surface area contributed by atoms with E-state index >= 15 is 0 Å². The zero-order chi connectivity index (χ0) is 21.6. The number of imide groups is 1. The van der Waals surface area contributed by atoms with Gasteiger partial charge in [0.2, 0.25) is 0 Å². The quantitative estimate of drug-likeness (QED) is 0.473. The highest BCUT2D eigenvalue weighted by molar-refractivity contribution is 8.18. The monoisotopic (exact) mass is 422 g/mol. The van der Waals surface area contributed by atoms with Crippen LogP contribution in [-0.2, 0) is 19.1 Å². The molecule has 0 atom stereocenters. The summed E-state index contributed by atoms with van der Waals surface area (Å²) >= 11 is 0.733. The Morgan fingerprint density at radius 1 is 1.21 bits per heavy atom. The van der Waals surface area contributed by atoms with E-state index in [-0.39, 0.29) is 17.6 Å². The van der Waals surface area contributed by atoms with Crippen molar-refractivity contribution in [2.45, 2.75) is 26.9 Å². The Hall–Kier alpha value is -3.01. The van der Waals surface area contributed by atoms with E-state index in [2.05, 4.69) is 0 Å². The van der Waals surface area contributed by atoms with Crippen molar-refractivity contribution < 1.29 is 33.4 Å². The molecule has 0 radical (unpaired) electrons. The molecule has 3 amide bonds. The van der Waals surface area contributed by atoms with Crippen molar-refractivity contribution in [1.82, 2.24) is 4.90 Å². The number of amides is 3. The van der Waals surface area contributed by atoms with Gasteiger partial charge in [0, 0.05) is 0 Å². The molecule has 0 aromatic heterocycles. The number of carbonyl (C=O) groups is 4. The zero-order valence-corrected chi connectivity index (χ0v) is 17.1. The number of nitrogens with two attached hydrogens (primary N) is 1. The first-order chi connectivity index (χ1) is 13.7. The number of benzene rings is 1. The second-order valence-electron chi connectivity index (χ2n) is 6.20. The summed E-state index contributed by atoms with van der Waals surface area (Å²) in [6.45, 7) is 4.75. The lowest BCUT2D eigenvalue weighted by Crippen LogP contribution is -2.35. The second-order valence-corrected chi connectivity index (χ2v) is 7.19. The average Bonchev–Trinajstić information content (AvgIpc) is 2.88. The van der Waals surface area contributed by atoms with Crippen LogP contribution < -0.4 is 15.2 Å². The van der Waals surface area contributed by atoms with Crippen LogP contribution in [0, 0.1) is 0 Å². The van der Waals surface area contributed by atoms with Gasteiger partial charge in [-0.25, -0.2) is 0 Å². The van der Waals surface area contributed by atoms with Gasteiger partial charge in [0.25, 0.3) is 17.1 Å². The Labute approximate surface area is 172 Å². The molecule has 1 aliphatic rings. The van der Waals surface area contributed by atoms with E-state index in [0.29, 0.717) is 23.7 Å². The summed E-state index contributed by atoms with van der Waals surface area (Å²) in [6.07, 6.45) is 1.17. The normalized spacial score (nSPS) is 15.2. The van der Waals surface area contributed by atoms with Crippen LogP contribution in [-0.4, -0.2) is 53.8 Å². The maximum atomic E-state index is 12.5. The minimum atomic E-state index is -0.655. The highest BCUT2D eigenvalue weighted by atomic mass is 32.2. The number of esters is 1. The molecule has 0 unspecified atom stereocenters. The van der Waals surface area contributed by atoms with Gasteiger partial charge in [-0.05, 0) is 56.3 Å². The summed E-state index contributed by atoms with van der Waals surface area (Å²) in [7, 11) is 0. The van der Waals surface area contributed by atoms with E-state index in [1.54, 1.807) is 39.0 Å². The Kier molecular flexibility index (Phi) is 7.66. The summed E-state index contributed by atoms with van der Waals surface area (Å²) in [5, 5.41) is -0.548. The van der Waals surface area contributed by atoms with Crippen LogP contribution >= 0.6 is 11.8 Å². The van der Waals surface area contributed by atoms with Gasteiger partial charge in [-0.1, -0.05) is 6.07 Å². The summed E-state index contributed by atoms with van der Waals surface area (Å²) in [4.78, 5) is 48.3. The molecular weight excluding hydrogens is 400 g/mol. The lowest BCUT2D eigenvalue weighted by atomic mass is 10.2. The highest BCUT2D eigenvalue weighted by Gasteiger charge is 2.36. The lowest BCUT2D eigenvalue weighted by molar-refractivity contribution is -0.149. The Bertz CT molecular complexity index is 851. The van der Waals surface area contributed by atoms with Gasteiger partial charge in [-0.2, -0.15) is 0 Å². The number of thioether (sulfide) groups is 1. The third-order valence-corrected chi connectivity index (χ3v) is 4.37. The topological polar surface area (TPSA) is 125 Å². The number of hydrogen-bond donors (Lipinski definition) is 1. The molecule has 2 N–H and O–H groups in total. The predicted octanol–water partition coefficient (Wildman–Crippen LogP) is 1.94. The van der Waals surface area contributed by atoms with Crippen molar-refractivity contribution in [2.75, 3.05) is 19.8 Å². The molecule has 156 valence electrons. The van der Waals surface area contributed by atoms with E-state index in [1.807, 2.05) is 0 Å². The molecule has 1 heterocycles. The molecule has 10 heteroatoms. The molecule has 9 nitrogen and oxygen atoms in total. The first kappa shape index (κ1) is 22.3. The van der Waals surface area contributed by atoms with Gasteiger partial charge >= 0.3 is 5.97 Å². The Morgan fingerprint density at radius 2 is 1.93 bits per heavy atom. The predicted molar refractivity (Wildman–Crippen MR) is 106 cm³/mol. The van der Waals surface area contributed by atoms with Crippen LogP contribution in [0.1, 0.15) is 26.3 Å². The summed E-state index contributed by atoms with van der Waals surface area (Å²) in [5.74, 6) is -1.17. The number of carbonyl (C=O) groups excluding carboxylic acids is 4. The van der Waals surface area contributed by atoms with Crippen molar-refractivity contribution in [2.24, 2.45) is 5.73 Å². The SMILES string of the molecule is CCOc1cc(/C=C2/SC(=O)N(CC(=O)OC(C)C)C2=O)ccc1OCC(N)=O. The highest BCUT2D eigenvalue weighted by Crippen LogP contribution is 2.34. The minimum absolute atomic E-state index is 0.167. The van der Waals surface area contributed by atoms with Gasteiger partial charge in [0.15, 0.2) is 18.1 Å². The number of nitrogens with zero attached hydrogens (tertiary/aromatic N) is 1. The number of rotatable bonds is 9. The molecule has 1 aromatic carbocycles. The fraction of sp³-hybridized carbons (Fsp3) is 0.368. The van der Waals surface area contributed by atoms with Crippen LogP contribution in [0.25, 0.3) is 6.08 Å². The average molecular weight is 422 g/mol. The molecule has 1 aromatic rings. The van der Waals surface area contributed by atoms with Crippen molar-refractivity contribution >= 4 is 40.9 Å². The van der Waals surface area contributed by atoms with Crippen molar-refractivity contribution in [3.05, 3.63) is 28.7 Å². The van der Waals surface area contributed by atoms with Crippen molar-refractivity contribution in [3.8, 4) is 11.5 Å². The molecule has 0 saturated carbocycles. The minimum Gasteiger partial charge on any atom is -0.490 e. The van der Waals surface area contributed by atoms with Gasteiger partial charge in [-0.3, -0.25) is 24.1 Å². The second kappa shape index (κ2) is 9.97. The van der Waals surface area contributed by atoms with Crippen LogP contribution in [0.2, 0.25) is 0 Å². The van der Waals surface area contributed by atoms with Gasteiger partial charge in [0.1, 0.15) is 6.54 Å². The number of primary amides is 1. The summed E-state index contributed by atoms with van der Waals surface area (Å²) in [6, 6.07) is 4.82. The molecule has 2 rings (SSSR count). The van der Waals surface area contributed by atoms with Crippen LogP contribution in [0.4, 0.5) is 4.79 Å². The molecule has 29 heavy (non-hydrogen) atoms. The summed E-state index contributed by atoms with van der Waals surface area (Å²) in [5.41, 5.74) is 5.66. The molecular formula is C19H22N2O7S. The molecule has 1 aliphatic heterocycles. The maximum Gasteiger partial charge on any atom is 0.326 e. The molecule has 0 spiro atoms. The fourth-order valence-electron chi connectivity index (χ4n) is 2.37. The summed E-state index contributed by atoms with van der Waals surface area (Å²) < 4.78 is 15.8. The van der Waals surface area contributed by atoms with Crippen molar-refractivity contribution in [3.63, 3.8) is 0 Å². The number of ether oxygens (including phenoxy) is 3. The van der Waals surface area contributed by atoms with Crippen LogP contribution in [0.15, 0.2) is 23.1 Å². The Morgan fingerprint density at radius 3 is 2.55 bits per heavy atom. The van der Waals surface area contributed by atoms with E-state index in [9.17, 15) is 19.2 Å². The number of hydrogen-bond acceptors (Lipinski definition) is 8. The standard InChI is InChI=1S/C19H22N2O7S/c1-4-26-14-7-12(5-6-13(14)27-10-16(20)22)8-15-18(24)21(19(25)29-15)9-17(23)28-11(2)3/h5-8,11H,4,9-10H2,1-3H3,(H2,20,22)/b15-8+. The lowest BCUT2D eigenvalue weighted by Gasteiger charge is -2.13. The first-order valence-corrected chi connectivity index (χ1v) is 9.65. The fourth-order valence-corrected chi connectivity index (χ4v) is 3.21. The van der Waals surface area contributed by atoms with Gasteiger partial charge in [-0.15, -0.1) is 0 Å². The molecule has 0 bridgehead atoms. The van der Waals surface area contributed by atoms with E-state index in [4.69, 9.17) is 19.9 Å². The van der Waals surface area contributed by atoms with E-state index in [0.717, 1.165) is 16.7 Å². The maximum absolute atomic E-state index is 12.5. The molecule has 1 saturated heterocycles. The van der Waals surface area contributed by atoms with Gasteiger partial charge < -0.3 is 19.9 Å². The largest absolute Gasteiger partial charge is 0.490 e. The molecule has 0 aliphatic carbocycles. The van der Waals surface area contributed by atoms with Gasteiger partial charge in [0.05, 0.1) is 17.6 Å². The smallest absolute Gasteiger partial charge is 0.326 e. The third-order valence-electron chi connectivity index (χ3n) is 3.46. The molecule has 1 fully saturated rings. The first-order valence-electron chi connectivity index (χ1n) is 8.84. The van der Waals surface area contributed by atoms with E-state index in [1.165, 1.54) is 6.08 Å². The third kappa shape index (κ3) is 6.24. The zero-order valence-electron chi connectivity index (χ0n) is 16.3. The van der Waals surface area contributed by atoms with Crippen molar-refractivity contribution in [1.29, 1.82) is 0 Å².